The third-order valence-corrected chi connectivity index (χ3v) is 13.0. The van der Waals surface area contributed by atoms with Gasteiger partial charge in [0.2, 0.25) is 0 Å². The maximum atomic E-state index is 15.1. The molecule has 1 spiro atoms. The number of carbonyl (C=O) groups excluding carboxylic acids is 2. The van der Waals surface area contributed by atoms with Crippen LogP contribution in [-0.2, 0) is 25.5 Å². The van der Waals surface area contributed by atoms with Crippen LogP contribution in [0.2, 0.25) is 0 Å². The van der Waals surface area contributed by atoms with Gasteiger partial charge in [0.1, 0.15) is 28.4 Å². The Hall–Kier alpha value is -2.88. The van der Waals surface area contributed by atoms with Gasteiger partial charge in [-0.25, -0.2) is 4.79 Å². The number of epoxide rings is 1. The van der Waals surface area contributed by atoms with Crippen LogP contribution in [0.4, 0.5) is 0 Å². The number of allylic oxidation sites excluding steroid dienone is 1. The summed E-state index contributed by atoms with van der Waals surface area (Å²) in [5.74, 6) is -2.04. The van der Waals surface area contributed by atoms with Crippen LogP contribution in [-0.4, -0.2) is 67.2 Å². The van der Waals surface area contributed by atoms with E-state index >= 15 is 4.79 Å². The van der Waals surface area contributed by atoms with Crippen molar-refractivity contribution in [2.24, 2.45) is 17.8 Å². The number of fused-ring (bicyclic) bond motifs is 5. The molecule has 1 aromatic carbocycles. The van der Waals surface area contributed by atoms with Gasteiger partial charge >= 0.3 is 5.97 Å². The molecular formula is C38H45ClO9. The van der Waals surface area contributed by atoms with Gasteiger partial charge in [-0.1, -0.05) is 12.2 Å². The van der Waals surface area contributed by atoms with E-state index in [0.717, 1.165) is 12.8 Å². The molecule has 2 saturated carbocycles. The number of phenolic OH excluding ortho intramolecular Hbond substituents is 1. The van der Waals surface area contributed by atoms with E-state index in [1.807, 2.05) is 27.7 Å². The number of phenols is 1. The minimum absolute atomic E-state index is 0.0702. The van der Waals surface area contributed by atoms with Crippen molar-refractivity contribution in [1.82, 2.24) is 0 Å². The van der Waals surface area contributed by atoms with Crippen molar-refractivity contribution in [2.45, 2.75) is 132 Å². The van der Waals surface area contributed by atoms with E-state index in [-0.39, 0.29) is 58.1 Å². The quantitative estimate of drug-likeness (QED) is 0.186. The van der Waals surface area contributed by atoms with Crippen molar-refractivity contribution in [3.8, 4) is 17.2 Å². The lowest BCUT2D eigenvalue weighted by Crippen LogP contribution is -2.72. The molecule has 4 aliphatic heterocycles. The van der Waals surface area contributed by atoms with Crippen LogP contribution in [0.1, 0.15) is 114 Å². The van der Waals surface area contributed by atoms with E-state index in [4.69, 9.17) is 30.5 Å². The number of hydrogen-bond acceptors (Lipinski definition) is 8. The SMILES string of the molecule is C/C(=C/C[C@@]12OC(C)(C)[C@@H]3C[C@@H](C=C4C(=O)c5c(O)c6c(c(CCC(C)(C)Cl)c5O[C@]431)O[C@]1(C)CCC(C3(C)CO3)[C@@H]6C1)C2=O)C(=O)O. The molecule has 6 bridgehead atoms. The summed E-state index contributed by atoms with van der Waals surface area (Å²) in [5.41, 5.74) is -3.07. The zero-order valence-corrected chi connectivity index (χ0v) is 29.5. The van der Waals surface area contributed by atoms with E-state index in [9.17, 15) is 19.8 Å². The molecule has 0 radical (unpaired) electrons. The Bertz CT molecular complexity index is 1760. The molecule has 4 fully saturated rings. The van der Waals surface area contributed by atoms with Crippen molar-refractivity contribution in [2.75, 3.05) is 6.61 Å². The number of hydrogen-bond donors (Lipinski definition) is 2. The first-order chi connectivity index (χ1) is 22.3. The largest absolute Gasteiger partial charge is 0.507 e. The van der Waals surface area contributed by atoms with Crippen LogP contribution in [0.5, 0.6) is 17.2 Å². The van der Waals surface area contributed by atoms with E-state index < -0.39 is 45.1 Å². The van der Waals surface area contributed by atoms with Crippen molar-refractivity contribution in [1.29, 1.82) is 0 Å². The van der Waals surface area contributed by atoms with Gasteiger partial charge in [0.15, 0.2) is 22.8 Å². The van der Waals surface area contributed by atoms with Gasteiger partial charge in [0.25, 0.3) is 0 Å². The molecule has 9 nitrogen and oxygen atoms in total. The number of aromatic hydroxyl groups is 1. The molecule has 2 saturated heterocycles. The number of carboxylic acids is 1. The number of aliphatic carboxylic acids is 1. The van der Waals surface area contributed by atoms with Crippen molar-refractivity contribution in [3.63, 3.8) is 0 Å². The number of rotatable bonds is 7. The second-order valence-corrected chi connectivity index (χ2v) is 18.1. The standard InChI is InChI=1S/C38H45ClO9/c1-18(32(43)44)8-13-37-31(42)19-14-23-27(40)26-28(41)25-21-16-35(6,12-10-22(21)36(7)17-45-36)46-29(25)20(9-11-33(2,3)39)30(26)47-38(23,37)24(15-19)34(4,5)48-37/h8,14,19,21-22,24,41H,9-13,15-17H2,1-7H3,(H,43,44)/b18-8-/t19-,21+,22?,24+,35-,36?,37+,38-/m1/s1. The average Bonchev–Trinajstić information content (AvgIpc) is 3.70. The molecule has 8 aliphatic rings. The van der Waals surface area contributed by atoms with Crippen LogP contribution < -0.4 is 9.47 Å². The van der Waals surface area contributed by atoms with E-state index in [1.54, 1.807) is 6.08 Å². The van der Waals surface area contributed by atoms with E-state index in [2.05, 4.69) is 13.8 Å². The van der Waals surface area contributed by atoms with Gasteiger partial charge in [-0.2, -0.15) is 0 Å². The highest BCUT2D eigenvalue weighted by molar-refractivity contribution is 6.23. The first-order valence-electron chi connectivity index (χ1n) is 17.3. The third kappa shape index (κ3) is 4.13. The second-order valence-electron chi connectivity index (χ2n) is 17.0. The Labute approximate surface area is 286 Å². The summed E-state index contributed by atoms with van der Waals surface area (Å²) in [5, 5.41) is 22.0. The fourth-order valence-electron chi connectivity index (χ4n) is 10.3. The van der Waals surface area contributed by atoms with Crippen molar-refractivity contribution < 1.29 is 43.5 Å². The number of Topliss-reactive ketones (excluding diaryl/α,β-unsaturated/α-hetero) is 2. The molecule has 0 amide bonds. The first kappa shape index (κ1) is 32.3. The third-order valence-electron chi connectivity index (χ3n) is 12.8. The highest BCUT2D eigenvalue weighted by atomic mass is 35.5. The lowest BCUT2D eigenvalue weighted by molar-refractivity contribution is -0.171. The molecule has 2 unspecified atom stereocenters. The number of alkyl halides is 1. The summed E-state index contributed by atoms with van der Waals surface area (Å²) in [4.78, 5) is 40.8. The topological polar surface area (TPSA) is 132 Å². The summed E-state index contributed by atoms with van der Waals surface area (Å²) >= 11 is 6.78. The van der Waals surface area contributed by atoms with Gasteiger partial charge in [-0.05, 0) is 92.9 Å². The van der Waals surface area contributed by atoms with Crippen LogP contribution in [0.25, 0.3) is 0 Å². The Morgan fingerprint density at radius 3 is 2.50 bits per heavy atom. The number of halogens is 1. The molecule has 0 aromatic heterocycles. The van der Waals surface area contributed by atoms with Crippen LogP contribution in [0, 0.1) is 17.8 Å². The fourth-order valence-corrected chi connectivity index (χ4v) is 10.4. The molecule has 4 aliphatic carbocycles. The zero-order valence-electron chi connectivity index (χ0n) is 28.8. The Morgan fingerprint density at radius 1 is 1.15 bits per heavy atom. The van der Waals surface area contributed by atoms with Gasteiger partial charge in [0, 0.05) is 51.3 Å². The van der Waals surface area contributed by atoms with Gasteiger partial charge < -0.3 is 29.2 Å². The molecular weight excluding hydrogens is 636 g/mol. The van der Waals surface area contributed by atoms with Gasteiger partial charge in [0.05, 0.1) is 17.8 Å². The summed E-state index contributed by atoms with van der Waals surface area (Å²) in [6, 6.07) is 0. The highest BCUT2D eigenvalue weighted by Crippen LogP contribution is 2.70. The molecule has 2 N–H and O–H groups in total. The Morgan fingerprint density at radius 2 is 1.85 bits per heavy atom. The number of ketones is 2. The highest BCUT2D eigenvalue weighted by Gasteiger charge is 2.81. The Kier molecular flexibility index (Phi) is 6.51. The summed E-state index contributed by atoms with van der Waals surface area (Å²) in [7, 11) is 0. The number of benzene rings is 1. The zero-order chi connectivity index (χ0) is 34.6. The van der Waals surface area contributed by atoms with Crippen molar-refractivity contribution >= 4 is 29.1 Å². The van der Waals surface area contributed by atoms with E-state index in [0.29, 0.717) is 54.7 Å². The van der Waals surface area contributed by atoms with E-state index in [1.165, 1.54) is 13.0 Å². The van der Waals surface area contributed by atoms with Crippen LogP contribution in [0.15, 0.2) is 23.3 Å². The average molecular weight is 681 g/mol. The summed E-state index contributed by atoms with van der Waals surface area (Å²) in [6.45, 7) is 14.0. The van der Waals surface area contributed by atoms with Crippen LogP contribution >= 0.6 is 11.6 Å². The number of carbonyl (C=O) groups is 3. The molecule has 8 atom stereocenters. The van der Waals surface area contributed by atoms with Crippen LogP contribution in [0.3, 0.4) is 0 Å². The fraction of sp³-hybridized carbons (Fsp3) is 0.658. The molecule has 48 heavy (non-hydrogen) atoms. The lowest BCUT2D eigenvalue weighted by Gasteiger charge is -2.56. The molecule has 4 heterocycles. The lowest BCUT2D eigenvalue weighted by atomic mass is 9.51. The predicted molar refractivity (Wildman–Crippen MR) is 176 cm³/mol. The molecule has 1 aromatic rings. The second kappa shape index (κ2) is 9.67. The monoisotopic (exact) mass is 680 g/mol. The maximum Gasteiger partial charge on any atom is 0.330 e. The number of carboxylic acid groups (broad SMARTS) is 1. The van der Waals surface area contributed by atoms with Gasteiger partial charge in [-0.3, -0.25) is 9.59 Å². The Balaban J connectivity index is 1.38. The minimum atomic E-state index is -1.64. The van der Waals surface area contributed by atoms with Gasteiger partial charge in [-0.15, -0.1) is 11.6 Å². The summed E-state index contributed by atoms with van der Waals surface area (Å²) in [6.07, 6.45) is 6.90. The molecule has 10 heteroatoms. The molecule has 9 rings (SSSR count). The number of ether oxygens (including phenoxy) is 4. The predicted octanol–water partition coefficient (Wildman–Crippen LogP) is 6.59. The maximum absolute atomic E-state index is 15.1. The minimum Gasteiger partial charge on any atom is -0.507 e. The van der Waals surface area contributed by atoms with Crippen molar-refractivity contribution in [3.05, 3.63) is 40.0 Å². The normalized spacial score (nSPS) is 39.9. The molecule has 258 valence electrons. The summed E-state index contributed by atoms with van der Waals surface area (Å²) < 4.78 is 26.9. The smallest absolute Gasteiger partial charge is 0.330 e. The first-order valence-corrected chi connectivity index (χ1v) is 17.7.